The van der Waals surface area contributed by atoms with Gasteiger partial charge < -0.3 is 5.73 Å². The lowest BCUT2D eigenvalue weighted by atomic mass is 10.1. The molecule has 0 amide bonds. The van der Waals surface area contributed by atoms with Crippen LogP contribution in [-0.4, -0.2) is 9.85 Å². The molecule has 0 saturated heterocycles. The largest absolute Gasteiger partial charge is 0.398 e. The van der Waals surface area contributed by atoms with Gasteiger partial charge in [0, 0.05) is 30.0 Å². The van der Waals surface area contributed by atoms with E-state index >= 15 is 0 Å². The summed E-state index contributed by atoms with van der Waals surface area (Å²) in [5, 5.41) is 21.3. The zero-order valence-electron chi connectivity index (χ0n) is 10.8. The first-order valence-corrected chi connectivity index (χ1v) is 5.94. The summed E-state index contributed by atoms with van der Waals surface area (Å²) in [5.74, 6) is 0. The van der Waals surface area contributed by atoms with Gasteiger partial charge in [0.15, 0.2) is 0 Å². The topological polar surface area (TPSA) is 112 Å². The molecule has 106 valence electrons. The number of nitrogens with two attached hydrogens (primary N) is 1. The standard InChI is InChI=1S/C14H11N3O4/c15-14(11-4-6-12(7-5-11)16(18)19)9-10-2-1-3-13(8-10)17(20)21/h1-9H,15H2. The molecule has 0 aliphatic rings. The molecule has 7 nitrogen and oxygen atoms in total. The summed E-state index contributed by atoms with van der Waals surface area (Å²) in [7, 11) is 0. The van der Waals surface area contributed by atoms with Gasteiger partial charge in [-0.2, -0.15) is 0 Å². The number of benzene rings is 2. The molecule has 0 radical (unpaired) electrons. The van der Waals surface area contributed by atoms with E-state index in [1.807, 2.05) is 0 Å². The number of hydrogen-bond donors (Lipinski definition) is 1. The Morgan fingerprint density at radius 1 is 0.952 bits per heavy atom. The zero-order chi connectivity index (χ0) is 15.4. The van der Waals surface area contributed by atoms with Crippen LogP contribution in [0.25, 0.3) is 11.8 Å². The monoisotopic (exact) mass is 285 g/mol. The van der Waals surface area contributed by atoms with Crippen molar-refractivity contribution in [1.82, 2.24) is 0 Å². The van der Waals surface area contributed by atoms with Crippen LogP contribution < -0.4 is 5.73 Å². The van der Waals surface area contributed by atoms with E-state index in [0.717, 1.165) is 0 Å². The fourth-order valence-electron chi connectivity index (χ4n) is 1.77. The molecule has 0 atom stereocenters. The third-order valence-electron chi connectivity index (χ3n) is 2.81. The maximum Gasteiger partial charge on any atom is 0.270 e. The quantitative estimate of drug-likeness (QED) is 0.527. The number of hydrogen-bond acceptors (Lipinski definition) is 5. The summed E-state index contributed by atoms with van der Waals surface area (Å²) in [6.07, 6.45) is 1.58. The van der Waals surface area contributed by atoms with Crippen molar-refractivity contribution in [3.05, 3.63) is 79.9 Å². The normalized spacial score (nSPS) is 11.1. The van der Waals surface area contributed by atoms with Crippen molar-refractivity contribution in [2.45, 2.75) is 0 Å². The fraction of sp³-hybridized carbons (Fsp3) is 0. The molecule has 0 aromatic heterocycles. The van der Waals surface area contributed by atoms with Gasteiger partial charge in [-0.25, -0.2) is 0 Å². The van der Waals surface area contributed by atoms with Crippen LogP contribution in [0.15, 0.2) is 48.5 Å². The van der Waals surface area contributed by atoms with E-state index < -0.39 is 9.85 Å². The van der Waals surface area contributed by atoms with Crippen LogP contribution in [-0.2, 0) is 0 Å². The van der Waals surface area contributed by atoms with E-state index in [4.69, 9.17) is 5.73 Å². The maximum absolute atomic E-state index is 10.7. The molecule has 2 rings (SSSR count). The average Bonchev–Trinajstić information content (AvgIpc) is 2.47. The molecule has 0 unspecified atom stereocenters. The van der Waals surface area contributed by atoms with Crippen molar-refractivity contribution < 1.29 is 9.85 Å². The van der Waals surface area contributed by atoms with Crippen molar-refractivity contribution in [1.29, 1.82) is 0 Å². The van der Waals surface area contributed by atoms with Gasteiger partial charge in [-0.3, -0.25) is 20.2 Å². The number of non-ortho nitro benzene ring substituents is 2. The minimum Gasteiger partial charge on any atom is -0.398 e. The Labute approximate surface area is 119 Å². The molecule has 0 saturated carbocycles. The highest BCUT2D eigenvalue weighted by Gasteiger charge is 2.07. The Kier molecular flexibility index (Phi) is 3.94. The third kappa shape index (κ3) is 3.41. The van der Waals surface area contributed by atoms with Gasteiger partial charge in [0.05, 0.1) is 9.85 Å². The number of nitro benzene ring substituents is 2. The first-order valence-electron chi connectivity index (χ1n) is 5.94. The van der Waals surface area contributed by atoms with Gasteiger partial charge in [0.2, 0.25) is 0 Å². The lowest BCUT2D eigenvalue weighted by molar-refractivity contribution is -0.385. The summed E-state index contributed by atoms with van der Waals surface area (Å²) >= 11 is 0. The summed E-state index contributed by atoms with van der Waals surface area (Å²) in [4.78, 5) is 20.3. The van der Waals surface area contributed by atoms with E-state index in [2.05, 4.69) is 0 Å². The van der Waals surface area contributed by atoms with Crippen LogP contribution in [0.3, 0.4) is 0 Å². The van der Waals surface area contributed by atoms with Crippen LogP contribution in [0, 0.1) is 20.2 Å². The van der Waals surface area contributed by atoms with Gasteiger partial charge in [-0.15, -0.1) is 0 Å². The Hall–Kier alpha value is -3.22. The van der Waals surface area contributed by atoms with E-state index in [1.54, 1.807) is 18.2 Å². The van der Waals surface area contributed by atoms with Gasteiger partial charge in [-0.05, 0) is 29.3 Å². The molecule has 7 heteroatoms. The van der Waals surface area contributed by atoms with E-state index in [0.29, 0.717) is 16.8 Å². The van der Waals surface area contributed by atoms with Crippen LogP contribution in [0.1, 0.15) is 11.1 Å². The summed E-state index contributed by atoms with van der Waals surface area (Å²) < 4.78 is 0. The minimum atomic E-state index is -0.496. The number of nitro groups is 2. The minimum absolute atomic E-state index is 0.0260. The Morgan fingerprint density at radius 2 is 1.57 bits per heavy atom. The number of rotatable bonds is 4. The second-order valence-corrected chi connectivity index (χ2v) is 4.26. The van der Waals surface area contributed by atoms with Gasteiger partial charge in [0.25, 0.3) is 11.4 Å². The lowest BCUT2D eigenvalue weighted by Gasteiger charge is -2.02. The third-order valence-corrected chi connectivity index (χ3v) is 2.81. The smallest absolute Gasteiger partial charge is 0.270 e. The molecule has 0 aliphatic carbocycles. The fourth-order valence-corrected chi connectivity index (χ4v) is 1.77. The molecule has 2 aromatic rings. The average molecular weight is 285 g/mol. The molecule has 2 aromatic carbocycles. The Balaban J connectivity index is 2.30. The molecule has 0 aliphatic heterocycles. The van der Waals surface area contributed by atoms with E-state index in [1.165, 1.54) is 36.4 Å². The Morgan fingerprint density at radius 3 is 2.14 bits per heavy atom. The highest BCUT2D eigenvalue weighted by molar-refractivity contribution is 5.80. The molecule has 0 fully saturated rings. The molecule has 0 heterocycles. The Bertz CT molecular complexity index is 723. The van der Waals surface area contributed by atoms with Gasteiger partial charge in [-0.1, -0.05) is 12.1 Å². The van der Waals surface area contributed by atoms with E-state index in [9.17, 15) is 20.2 Å². The van der Waals surface area contributed by atoms with Gasteiger partial charge in [0.1, 0.15) is 0 Å². The maximum atomic E-state index is 10.7. The van der Waals surface area contributed by atoms with Crippen molar-refractivity contribution in [3.8, 4) is 0 Å². The first-order chi connectivity index (χ1) is 9.97. The summed E-state index contributed by atoms with van der Waals surface area (Å²) in [5.41, 5.74) is 7.40. The predicted molar refractivity (Wildman–Crippen MR) is 78.3 cm³/mol. The van der Waals surface area contributed by atoms with Gasteiger partial charge >= 0.3 is 0 Å². The molecular formula is C14H11N3O4. The van der Waals surface area contributed by atoms with Crippen molar-refractivity contribution in [2.75, 3.05) is 0 Å². The van der Waals surface area contributed by atoms with Crippen LogP contribution in [0.5, 0.6) is 0 Å². The second kappa shape index (κ2) is 5.83. The van der Waals surface area contributed by atoms with Crippen molar-refractivity contribution in [2.24, 2.45) is 5.73 Å². The molecule has 0 spiro atoms. The van der Waals surface area contributed by atoms with Crippen molar-refractivity contribution >= 4 is 23.1 Å². The van der Waals surface area contributed by atoms with E-state index in [-0.39, 0.29) is 11.4 Å². The molecular weight excluding hydrogens is 274 g/mol. The molecule has 2 N–H and O–H groups in total. The highest BCUT2D eigenvalue weighted by atomic mass is 16.6. The summed E-state index contributed by atoms with van der Waals surface area (Å²) in [6.45, 7) is 0. The first kappa shape index (κ1) is 14.2. The summed E-state index contributed by atoms with van der Waals surface area (Å²) in [6, 6.07) is 11.8. The predicted octanol–water partition coefficient (Wildman–Crippen LogP) is 2.96. The molecule has 21 heavy (non-hydrogen) atoms. The lowest BCUT2D eigenvalue weighted by Crippen LogP contribution is -1.97. The highest BCUT2D eigenvalue weighted by Crippen LogP contribution is 2.20. The number of nitrogens with zero attached hydrogens (tertiary/aromatic N) is 2. The van der Waals surface area contributed by atoms with Crippen LogP contribution >= 0.6 is 0 Å². The zero-order valence-corrected chi connectivity index (χ0v) is 10.8. The van der Waals surface area contributed by atoms with Crippen LogP contribution in [0.2, 0.25) is 0 Å². The second-order valence-electron chi connectivity index (χ2n) is 4.26. The molecule has 0 bridgehead atoms. The van der Waals surface area contributed by atoms with Crippen molar-refractivity contribution in [3.63, 3.8) is 0 Å². The SMILES string of the molecule is NC(=Cc1cccc([N+](=O)[O-])c1)c1ccc([N+](=O)[O-])cc1. The van der Waals surface area contributed by atoms with Crippen LogP contribution in [0.4, 0.5) is 11.4 Å².